The van der Waals surface area contributed by atoms with Crippen LogP contribution in [0.25, 0.3) is 11.4 Å². The molecule has 136 valence electrons. The minimum atomic E-state index is -3.28. The number of piperidine rings is 1. The number of sulfonamides is 1. The normalized spacial score (nSPS) is 19.2. The van der Waals surface area contributed by atoms with Gasteiger partial charge in [0, 0.05) is 25.0 Å². The molecule has 0 amide bonds. The van der Waals surface area contributed by atoms with E-state index >= 15 is 0 Å². The maximum atomic E-state index is 12.2. The Balaban J connectivity index is 2.03. The van der Waals surface area contributed by atoms with Gasteiger partial charge in [0.1, 0.15) is 5.82 Å². The first kappa shape index (κ1) is 18.0. The second kappa shape index (κ2) is 7.21. The van der Waals surface area contributed by atoms with E-state index in [1.165, 1.54) is 6.26 Å². The molecule has 1 unspecified atom stereocenters. The molecule has 0 N–H and O–H groups in total. The molecule has 0 aromatic carbocycles. The van der Waals surface area contributed by atoms with Crippen LogP contribution in [0.3, 0.4) is 0 Å². The van der Waals surface area contributed by atoms with E-state index in [1.807, 2.05) is 23.7 Å². The van der Waals surface area contributed by atoms with Crippen LogP contribution in [0.5, 0.6) is 0 Å². The van der Waals surface area contributed by atoms with Crippen LogP contribution in [0.1, 0.15) is 50.2 Å². The summed E-state index contributed by atoms with van der Waals surface area (Å²) in [5.41, 5.74) is 2.58. The van der Waals surface area contributed by atoms with E-state index < -0.39 is 10.0 Å². The summed E-state index contributed by atoms with van der Waals surface area (Å²) < 4.78 is 27.8. The van der Waals surface area contributed by atoms with Gasteiger partial charge in [-0.3, -0.25) is 4.68 Å². The summed E-state index contributed by atoms with van der Waals surface area (Å²) in [5.74, 6) is 0.587. The lowest BCUT2D eigenvalue weighted by Crippen LogP contribution is -2.38. The molecule has 2 aromatic heterocycles. The number of nitrogens with zero attached hydrogens (tertiary/aromatic N) is 5. The number of aromatic nitrogens is 4. The van der Waals surface area contributed by atoms with Gasteiger partial charge in [-0.05, 0) is 38.3 Å². The molecule has 0 aliphatic carbocycles. The fourth-order valence-corrected chi connectivity index (χ4v) is 4.49. The first-order chi connectivity index (χ1) is 11.9. The molecule has 1 saturated heterocycles. The summed E-state index contributed by atoms with van der Waals surface area (Å²) in [6.45, 7) is 5.38. The predicted octanol–water partition coefficient (Wildman–Crippen LogP) is 2.55. The van der Waals surface area contributed by atoms with Crippen molar-refractivity contribution in [3.8, 4) is 11.4 Å². The zero-order chi connectivity index (χ0) is 18.0. The molecule has 0 spiro atoms. The molecule has 2 aromatic rings. The summed E-state index contributed by atoms with van der Waals surface area (Å²) >= 11 is 0. The molecule has 1 fully saturated rings. The summed E-state index contributed by atoms with van der Waals surface area (Å²) in [5, 5.41) is 4.36. The van der Waals surface area contributed by atoms with Crippen molar-refractivity contribution in [3.63, 3.8) is 0 Å². The van der Waals surface area contributed by atoms with Crippen molar-refractivity contribution in [2.45, 2.75) is 52.1 Å². The highest BCUT2D eigenvalue weighted by Gasteiger charge is 2.32. The summed E-state index contributed by atoms with van der Waals surface area (Å²) in [6, 6.07) is 3.58. The van der Waals surface area contributed by atoms with E-state index in [2.05, 4.69) is 17.0 Å². The van der Waals surface area contributed by atoms with Crippen molar-refractivity contribution in [1.29, 1.82) is 0 Å². The molecule has 3 rings (SSSR count). The molecule has 25 heavy (non-hydrogen) atoms. The second-order valence-corrected chi connectivity index (χ2v) is 8.51. The fourth-order valence-electron chi connectivity index (χ4n) is 3.37. The Bertz CT molecular complexity index is 846. The quantitative estimate of drug-likeness (QED) is 0.815. The van der Waals surface area contributed by atoms with Crippen molar-refractivity contribution < 1.29 is 8.42 Å². The summed E-state index contributed by atoms with van der Waals surface area (Å²) in [6.07, 6.45) is 6.63. The zero-order valence-corrected chi connectivity index (χ0v) is 15.8. The Morgan fingerprint density at radius 2 is 2.08 bits per heavy atom. The first-order valence-corrected chi connectivity index (χ1v) is 10.6. The minimum Gasteiger partial charge on any atom is -0.263 e. The standard InChI is InChI=1S/C17H25N5O2S/c1-4-10-21-15(8-9-18-21)14-12-13(2)19-17(20-14)16-7-5-6-11-22(16)25(3,23)24/h8-9,12,16H,4-7,10-11H2,1-3H3. The van der Waals surface area contributed by atoms with Crippen LogP contribution in [-0.4, -0.2) is 45.3 Å². The third-order valence-corrected chi connectivity index (χ3v) is 5.75. The van der Waals surface area contributed by atoms with Gasteiger partial charge < -0.3 is 0 Å². The lowest BCUT2D eigenvalue weighted by Gasteiger charge is -2.32. The Morgan fingerprint density at radius 1 is 1.28 bits per heavy atom. The maximum absolute atomic E-state index is 12.2. The van der Waals surface area contributed by atoms with E-state index in [-0.39, 0.29) is 6.04 Å². The maximum Gasteiger partial charge on any atom is 0.211 e. The Labute approximate surface area is 149 Å². The van der Waals surface area contributed by atoms with Crippen molar-refractivity contribution in [3.05, 3.63) is 29.8 Å². The number of rotatable bonds is 5. The van der Waals surface area contributed by atoms with Crippen LogP contribution in [-0.2, 0) is 16.6 Å². The molecule has 3 heterocycles. The van der Waals surface area contributed by atoms with Gasteiger partial charge in [0.25, 0.3) is 0 Å². The van der Waals surface area contributed by atoms with Crippen LogP contribution in [0, 0.1) is 6.92 Å². The lowest BCUT2D eigenvalue weighted by atomic mass is 10.0. The van der Waals surface area contributed by atoms with Crippen LogP contribution in [0.4, 0.5) is 0 Å². The molecular formula is C17H25N5O2S. The van der Waals surface area contributed by atoms with Crippen molar-refractivity contribution in [1.82, 2.24) is 24.1 Å². The van der Waals surface area contributed by atoms with E-state index in [4.69, 9.17) is 4.98 Å². The van der Waals surface area contributed by atoms with E-state index in [1.54, 1.807) is 10.5 Å². The average molecular weight is 363 g/mol. The van der Waals surface area contributed by atoms with Crippen molar-refractivity contribution in [2.24, 2.45) is 0 Å². The number of hydrogen-bond donors (Lipinski definition) is 0. The zero-order valence-electron chi connectivity index (χ0n) is 15.0. The topological polar surface area (TPSA) is 81.0 Å². The van der Waals surface area contributed by atoms with Gasteiger partial charge in [-0.2, -0.15) is 9.40 Å². The van der Waals surface area contributed by atoms with Gasteiger partial charge in [0.15, 0.2) is 0 Å². The van der Waals surface area contributed by atoms with Gasteiger partial charge in [0.2, 0.25) is 10.0 Å². The first-order valence-electron chi connectivity index (χ1n) is 8.74. The van der Waals surface area contributed by atoms with Gasteiger partial charge in [-0.25, -0.2) is 18.4 Å². The van der Waals surface area contributed by atoms with E-state index in [9.17, 15) is 8.42 Å². The van der Waals surface area contributed by atoms with Crippen LogP contribution < -0.4 is 0 Å². The smallest absolute Gasteiger partial charge is 0.211 e. The SMILES string of the molecule is CCCn1nccc1-c1cc(C)nc(C2CCCCN2S(C)(=O)=O)n1. The average Bonchev–Trinajstić information content (AvgIpc) is 3.02. The van der Waals surface area contributed by atoms with Crippen molar-refractivity contribution in [2.75, 3.05) is 12.8 Å². The third-order valence-electron chi connectivity index (χ3n) is 4.46. The van der Waals surface area contributed by atoms with Crippen LogP contribution in [0.2, 0.25) is 0 Å². The minimum absolute atomic E-state index is 0.287. The highest BCUT2D eigenvalue weighted by Crippen LogP contribution is 2.32. The molecule has 1 aliphatic heterocycles. The summed E-state index contributed by atoms with van der Waals surface area (Å²) in [4.78, 5) is 9.29. The lowest BCUT2D eigenvalue weighted by molar-refractivity contribution is 0.248. The molecule has 0 radical (unpaired) electrons. The Hall–Kier alpha value is -1.80. The van der Waals surface area contributed by atoms with Gasteiger partial charge >= 0.3 is 0 Å². The van der Waals surface area contributed by atoms with Crippen molar-refractivity contribution >= 4 is 10.0 Å². The van der Waals surface area contributed by atoms with E-state index in [0.29, 0.717) is 12.4 Å². The highest BCUT2D eigenvalue weighted by molar-refractivity contribution is 7.88. The largest absolute Gasteiger partial charge is 0.263 e. The predicted molar refractivity (Wildman–Crippen MR) is 96.4 cm³/mol. The Kier molecular flexibility index (Phi) is 5.19. The van der Waals surface area contributed by atoms with Crippen LogP contribution in [0.15, 0.2) is 18.3 Å². The summed E-state index contributed by atoms with van der Waals surface area (Å²) in [7, 11) is -3.28. The molecular weight excluding hydrogens is 338 g/mol. The molecule has 1 aliphatic rings. The number of aryl methyl sites for hydroxylation is 2. The fraction of sp³-hybridized carbons (Fsp3) is 0.588. The monoisotopic (exact) mass is 363 g/mol. The van der Waals surface area contributed by atoms with E-state index in [0.717, 1.165) is 49.3 Å². The third kappa shape index (κ3) is 3.90. The Morgan fingerprint density at radius 3 is 2.80 bits per heavy atom. The van der Waals surface area contributed by atoms with Gasteiger partial charge in [0.05, 0.1) is 23.7 Å². The molecule has 0 saturated carbocycles. The number of hydrogen-bond acceptors (Lipinski definition) is 5. The molecule has 8 heteroatoms. The molecule has 7 nitrogen and oxygen atoms in total. The van der Waals surface area contributed by atoms with Gasteiger partial charge in [-0.1, -0.05) is 13.3 Å². The second-order valence-electron chi connectivity index (χ2n) is 6.58. The molecule has 1 atom stereocenters. The van der Waals surface area contributed by atoms with Gasteiger partial charge in [-0.15, -0.1) is 0 Å². The molecule has 0 bridgehead atoms. The van der Waals surface area contributed by atoms with Crippen LogP contribution >= 0.6 is 0 Å². The highest BCUT2D eigenvalue weighted by atomic mass is 32.2.